The molecule has 6 nitrogen and oxygen atoms in total. The number of carbonyl (C=O) groups excluding carboxylic acids is 1. The quantitative estimate of drug-likeness (QED) is 0.896. The molecule has 1 aliphatic rings. The van der Waals surface area contributed by atoms with Gasteiger partial charge in [-0.3, -0.25) is 9.59 Å². The molecule has 1 N–H and O–H groups in total. The predicted molar refractivity (Wildman–Crippen MR) is 90.0 cm³/mol. The summed E-state index contributed by atoms with van der Waals surface area (Å²) in [5.41, 5.74) is 1.37. The van der Waals surface area contributed by atoms with E-state index in [1.807, 2.05) is 13.8 Å². The highest BCUT2D eigenvalue weighted by Gasteiger charge is 2.37. The zero-order chi connectivity index (χ0) is 18.2. The molecule has 1 aliphatic carbocycles. The molecule has 25 heavy (non-hydrogen) atoms. The Morgan fingerprint density at radius 2 is 2.00 bits per heavy atom. The highest BCUT2D eigenvalue weighted by Crippen LogP contribution is 2.37. The third-order valence-electron chi connectivity index (χ3n) is 4.60. The lowest BCUT2D eigenvalue weighted by Gasteiger charge is -2.26. The first-order valence-corrected chi connectivity index (χ1v) is 8.18. The van der Waals surface area contributed by atoms with Gasteiger partial charge in [0.25, 0.3) is 0 Å². The van der Waals surface area contributed by atoms with Crippen LogP contribution in [0, 0.1) is 5.41 Å². The summed E-state index contributed by atoms with van der Waals surface area (Å²) in [7, 11) is 1.55. The van der Waals surface area contributed by atoms with Crippen molar-refractivity contribution in [1.29, 1.82) is 0 Å². The van der Waals surface area contributed by atoms with Gasteiger partial charge >= 0.3 is 5.97 Å². The monoisotopic (exact) mass is 343 g/mol. The van der Waals surface area contributed by atoms with E-state index in [1.54, 1.807) is 31.4 Å². The van der Waals surface area contributed by atoms with Crippen molar-refractivity contribution in [1.82, 2.24) is 5.16 Å². The zero-order valence-corrected chi connectivity index (χ0v) is 14.5. The van der Waals surface area contributed by atoms with Gasteiger partial charge in [0.2, 0.25) is 0 Å². The third kappa shape index (κ3) is 3.43. The van der Waals surface area contributed by atoms with Gasteiger partial charge in [-0.25, -0.2) is 0 Å². The van der Waals surface area contributed by atoms with Crippen molar-refractivity contribution in [3.63, 3.8) is 0 Å². The first-order valence-electron chi connectivity index (χ1n) is 8.18. The van der Waals surface area contributed by atoms with Gasteiger partial charge in [0.1, 0.15) is 11.5 Å². The minimum atomic E-state index is -0.967. The summed E-state index contributed by atoms with van der Waals surface area (Å²) in [6.45, 7) is 4.01. The Hall–Kier alpha value is -2.63. The van der Waals surface area contributed by atoms with Gasteiger partial charge < -0.3 is 14.4 Å². The molecule has 1 atom stereocenters. The van der Waals surface area contributed by atoms with Crippen LogP contribution in [0.2, 0.25) is 0 Å². The fourth-order valence-electron chi connectivity index (χ4n) is 3.34. The molecule has 0 bridgehead atoms. The van der Waals surface area contributed by atoms with Crippen LogP contribution in [-0.4, -0.2) is 29.1 Å². The number of ether oxygens (including phenoxy) is 1. The van der Waals surface area contributed by atoms with E-state index in [2.05, 4.69) is 5.16 Å². The van der Waals surface area contributed by atoms with Crippen molar-refractivity contribution in [2.24, 2.45) is 5.41 Å². The molecule has 0 saturated carbocycles. The summed E-state index contributed by atoms with van der Waals surface area (Å²) in [4.78, 5) is 24.2. The largest absolute Gasteiger partial charge is 0.497 e. The van der Waals surface area contributed by atoms with Gasteiger partial charge in [0.05, 0.1) is 24.3 Å². The molecule has 0 radical (unpaired) electrons. The highest BCUT2D eigenvalue weighted by atomic mass is 16.5. The van der Waals surface area contributed by atoms with Gasteiger partial charge in [0, 0.05) is 19.3 Å². The van der Waals surface area contributed by atoms with Crippen molar-refractivity contribution in [2.45, 2.75) is 39.0 Å². The number of aliphatic carboxylic acids is 1. The Kier molecular flexibility index (Phi) is 4.37. The lowest BCUT2D eigenvalue weighted by atomic mass is 9.75. The molecule has 132 valence electrons. The second-order valence-corrected chi connectivity index (χ2v) is 7.24. The van der Waals surface area contributed by atoms with E-state index < -0.39 is 11.9 Å². The SMILES string of the molecule is COc1ccc(C(Cc2noc3c2C(=O)CC(C)(C)C3)C(=O)O)cc1. The van der Waals surface area contributed by atoms with E-state index in [-0.39, 0.29) is 17.6 Å². The van der Waals surface area contributed by atoms with E-state index in [0.29, 0.717) is 41.2 Å². The molecule has 0 saturated heterocycles. The molecule has 6 heteroatoms. The van der Waals surface area contributed by atoms with E-state index in [0.717, 1.165) is 0 Å². The fourth-order valence-corrected chi connectivity index (χ4v) is 3.34. The smallest absolute Gasteiger partial charge is 0.311 e. The number of ketones is 1. The van der Waals surface area contributed by atoms with Gasteiger partial charge in [-0.15, -0.1) is 0 Å². The van der Waals surface area contributed by atoms with E-state index in [1.165, 1.54) is 0 Å². The number of Topliss-reactive ketones (excluding diaryl/α,β-unsaturated/α-hetero) is 1. The van der Waals surface area contributed by atoms with Crippen LogP contribution in [0.3, 0.4) is 0 Å². The number of rotatable bonds is 5. The van der Waals surface area contributed by atoms with Crippen molar-refractivity contribution >= 4 is 11.8 Å². The number of aromatic nitrogens is 1. The van der Waals surface area contributed by atoms with Crippen LogP contribution in [0.4, 0.5) is 0 Å². The lowest BCUT2D eigenvalue weighted by Crippen LogP contribution is -2.27. The Labute approximate surface area is 145 Å². The summed E-state index contributed by atoms with van der Waals surface area (Å²) < 4.78 is 10.5. The van der Waals surface area contributed by atoms with Crippen molar-refractivity contribution in [3.05, 3.63) is 46.8 Å². The molecule has 0 aliphatic heterocycles. The average molecular weight is 343 g/mol. The Morgan fingerprint density at radius 1 is 1.32 bits per heavy atom. The number of fused-ring (bicyclic) bond motifs is 1. The number of methoxy groups -OCH3 is 1. The number of carbonyl (C=O) groups is 2. The first-order chi connectivity index (χ1) is 11.8. The van der Waals surface area contributed by atoms with Crippen LogP contribution < -0.4 is 4.74 Å². The second kappa shape index (κ2) is 6.35. The topological polar surface area (TPSA) is 89.6 Å². The molecule has 2 aromatic rings. The zero-order valence-electron chi connectivity index (χ0n) is 14.5. The van der Waals surface area contributed by atoms with E-state index in [9.17, 15) is 14.7 Å². The average Bonchev–Trinajstić information content (AvgIpc) is 2.94. The van der Waals surface area contributed by atoms with Gasteiger partial charge in [-0.05, 0) is 23.1 Å². The fraction of sp³-hybridized carbons (Fsp3) is 0.421. The first kappa shape index (κ1) is 17.2. The van der Waals surface area contributed by atoms with Crippen LogP contribution in [0.1, 0.15) is 53.6 Å². The number of benzene rings is 1. The molecule has 0 amide bonds. The Bertz CT molecular complexity index is 804. The summed E-state index contributed by atoms with van der Waals surface area (Å²) in [6, 6.07) is 6.87. The minimum absolute atomic E-state index is 0.0265. The Balaban J connectivity index is 1.90. The van der Waals surface area contributed by atoms with Crippen molar-refractivity contribution < 1.29 is 24.0 Å². The van der Waals surface area contributed by atoms with E-state index in [4.69, 9.17) is 9.26 Å². The van der Waals surface area contributed by atoms with Crippen molar-refractivity contribution in [3.8, 4) is 5.75 Å². The molecule has 1 aromatic heterocycles. The van der Waals surface area contributed by atoms with Crippen LogP contribution in [0.15, 0.2) is 28.8 Å². The van der Waals surface area contributed by atoms with Crippen LogP contribution in [-0.2, 0) is 17.6 Å². The second-order valence-electron chi connectivity index (χ2n) is 7.24. The minimum Gasteiger partial charge on any atom is -0.497 e. The standard InChI is InChI=1S/C19H21NO5/c1-19(2)9-15(21)17-14(20-25-16(17)10-19)8-13(18(22)23)11-4-6-12(24-3)7-5-11/h4-7,13H,8-10H2,1-3H3,(H,22,23). The van der Waals surface area contributed by atoms with Crippen LogP contribution in [0.5, 0.6) is 5.75 Å². The summed E-state index contributed by atoms with van der Waals surface area (Å²) in [5, 5.41) is 13.6. The normalized spacial score (nSPS) is 17.0. The molecule has 1 aromatic carbocycles. The summed E-state index contributed by atoms with van der Waals surface area (Å²) >= 11 is 0. The predicted octanol–water partition coefficient (Wildman–Crippen LogP) is 3.25. The van der Waals surface area contributed by atoms with Gasteiger partial charge in [-0.1, -0.05) is 31.1 Å². The number of hydrogen-bond donors (Lipinski definition) is 1. The number of carboxylic acids is 1. The molecule has 1 unspecified atom stereocenters. The molecular formula is C19H21NO5. The highest BCUT2D eigenvalue weighted by molar-refractivity contribution is 5.99. The number of hydrogen-bond acceptors (Lipinski definition) is 5. The molecule has 0 fully saturated rings. The van der Waals surface area contributed by atoms with E-state index >= 15 is 0 Å². The lowest BCUT2D eigenvalue weighted by molar-refractivity contribution is -0.138. The Morgan fingerprint density at radius 3 is 2.60 bits per heavy atom. The maximum absolute atomic E-state index is 12.5. The maximum Gasteiger partial charge on any atom is 0.311 e. The number of carboxylic acid groups (broad SMARTS) is 1. The van der Waals surface area contributed by atoms with Crippen LogP contribution >= 0.6 is 0 Å². The van der Waals surface area contributed by atoms with Crippen molar-refractivity contribution in [2.75, 3.05) is 7.11 Å². The molecular weight excluding hydrogens is 322 g/mol. The third-order valence-corrected chi connectivity index (χ3v) is 4.60. The van der Waals surface area contributed by atoms with Gasteiger partial charge in [0.15, 0.2) is 5.78 Å². The number of nitrogens with zero attached hydrogens (tertiary/aromatic N) is 1. The summed E-state index contributed by atoms with van der Waals surface area (Å²) in [6.07, 6.45) is 1.16. The molecule has 3 rings (SSSR count). The molecule has 0 spiro atoms. The van der Waals surface area contributed by atoms with Crippen LogP contribution in [0.25, 0.3) is 0 Å². The summed E-state index contributed by atoms with van der Waals surface area (Å²) in [5.74, 6) is -0.575. The maximum atomic E-state index is 12.5. The van der Waals surface area contributed by atoms with Gasteiger partial charge in [-0.2, -0.15) is 0 Å². The molecule has 1 heterocycles.